The van der Waals surface area contributed by atoms with Gasteiger partial charge in [-0.3, -0.25) is 4.98 Å². The average Bonchev–Trinajstić information content (AvgIpc) is 2.89. The first-order chi connectivity index (χ1) is 9.10. The van der Waals surface area contributed by atoms with Crippen LogP contribution in [0.3, 0.4) is 0 Å². The Bertz CT molecular complexity index is 810. The van der Waals surface area contributed by atoms with Gasteiger partial charge in [-0.1, -0.05) is 0 Å². The van der Waals surface area contributed by atoms with Gasteiger partial charge in [0.15, 0.2) is 5.58 Å². The second-order valence-corrected chi connectivity index (χ2v) is 4.44. The highest BCUT2D eigenvalue weighted by Gasteiger charge is 2.13. The third-order valence-corrected chi connectivity index (χ3v) is 3.32. The Labute approximate surface area is 108 Å². The SMILES string of the molecule is Cc1nc(-c2ccc3oc(=O)[nH]c3c2)c(CN)n1C. The van der Waals surface area contributed by atoms with Gasteiger partial charge in [0.25, 0.3) is 0 Å². The Morgan fingerprint density at radius 3 is 3.00 bits per heavy atom. The molecule has 0 fully saturated rings. The second-order valence-electron chi connectivity index (χ2n) is 4.44. The molecule has 0 radical (unpaired) electrons. The van der Waals surface area contributed by atoms with Crippen molar-refractivity contribution in [3.63, 3.8) is 0 Å². The molecule has 0 aliphatic rings. The van der Waals surface area contributed by atoms with Crippen molar-refractivity contribution in [3.8, 4) is 11.3 Å². The van der Waals surface area contributed by atoms with Crippen LogP contribution in [-0.4, -0.2) is 14.5 Å². The highest BCUT2D eigenvalue weighted by atomic mass is 16.4. The Morgan fingerprint density at radius 2 is 2.26 bits per heavy atom. The van der Waals surface area contributed by atoms with Crippen molar-refractivity contribution in [3.05, 3.63) is 40.3 Å². The highest BCUT2D eigenvalue weighted by molar-refractivity contribution is 5.79. The van der Waals surface area contributed by atoms with Crippen molar-refractivity contribution in [1.82, 2.24) is 14.5 Å². The molecular weight excluding hydrogens is 244 g/mol. The maximum atomic E-state index is 11.2. The summed E-state index contributed by atoms with van der Waals surface area (Å²) in [4.78, 5) is 18.3. The molecule has 98 valence electrons. The van der Waals surface area contributed by atoms with E-state index in [1.807, 2.05) is 30.7 Å². The molecule has 0 bridgehead atoms. The second kappa shape index (κ2) is 4.10. The molecule has 0 amide bonds. The minimum atomic E-state index is -0.455. The van der Waals surface area contributed by atoms with Gasteiger partial charge in [-0.25, -0.2) is 9.78 Å². The van der Waals surface area contributed by atoms with E-state index < -0.39 is 5.76 Å². The van der Waals surface area contributed by atoms with E-state index in [9.17, 15) is 4.79 Å². The summed E-state index contributed by atoms with van der Waals surface area (Å²) in [5.41, 5.74) is 9.69. The minimum Gasteiger partial charge on any atom is -0.408 e. The van der Waals surface area contributed by atoms with Crippen LogP contribution in [0, 0.1) is 6.92 Å². The Hall–Kier alpha value is -2.34. The fourth-order valence-electron chi connectivity index (χ4n) is 2.22. The number of aromatic amines is 1. The number of nitrogens with one attached hydrogen (secondary N) is 1. The van der Waals surface area contributed by atoms with Crippen LogP contribution in [0.15, 0.2) is 27.4 Å². The molecular formula is C13H14N4O2. The van der Waals surface area contributed by atoms with Crippen molar-refractivity contribution < 1.29 is 4.42 Å². The molecule has 0 aliphatic heterocycles. The molecule has 2 heterocycles. The zero-order chi connectivity index (χ0) is 13.6. The van der Waals surface area contributed by atoms with E-state index in [2.05, 4.69) is 9.97 Å². The molecule has 0 unspecified atom stereocenters. The summed E-state index contributed by atoms with van der Waals surface area (Å²) in [6.45, 7) is 2.34. The van der Waals surface area contributed by atoms with Crippen LogP contribution in [0.4, 0.5) is 0 Å². The van der Waals surface area contributed by atoms with Crippen molar-refractivity contribution in [1.29, 1.82) is 0 Å². The van der Waals surface area contributed by atoms with Gasteiger partial charge in [0.2, 0.25) is 0 Å². The van der Waals surface area contributed by atoms with Crippen LogP contribution in [0.5, 0.6) is 0 Å². The third kappa shape index (κ3) is 1.77. The van der Waals surface area contributed by atoms with Gasteiger partial charge in [-0.2, -0.15) is 0 Å². The number of hydrogen-bond acceptors (Lipinski definition) is 4. The lowest BCUT2D eigenvalue weighted by Crippen LogP contribution is -2.05. The number of rotatable bonds is 2. The van der Waals surface area contributed by atoms with Gasteiger partial charge < -0.3 is 14.7 Å². The Balaban J connectivity index is 2.23. The number of H-pyrrole nitrogens is 1. The number of oxazole rings is 1. The predicted octanol–water partition coefficient (Wildman–Crippen LogP) is 1.29. The van der Waals surface area contributed by atoms with Crippen LogP contribution in [0.2, 0.25) is 0 Å². The van der Waals surface area contributed by atoms with E-state index in [0.29, 0.717) is 17.6 Å². The molecule has 0 saturated heterocycles. The summed E-state index contributed by atoms with van der Waals surface area (Å²) in [5, 5.41) is 0. The van der Waals surface area contributed by atoms with Gasteiger partial charge in [-0.15, -0.1) is 0 Å². The lowest BCUT2D eigenvalue weighted by atomic mass is 10.1. The molecule has 3 N–H and O–H groups in total. The topological polar surface area (TPSA) is 89.8 Å². The number of aromatic nitrogens is 3. The minimum absolute atomic E-state index is 0.409. The molecule has 0 aliphatic carbocycles. The zero-order valence-electron chi connectivity index (χ0n) is 10.7. The first-order valence-corrected chi connectivity index (χ1v) is 5.95. The average molecular weight is 258 g/mol. The smallest absolute Gasteiger partial charge is 0.408 e. The molecule has 0 atom stereocenters. The number of aryl methyl sites for hydroxylation is 1. The normalized spacial score (nSPS) is 11.3. The molecule has 6 heteroatoms. The van der Waals surface area contributed by atoms with E-state index in [1.165, 1.54) is 0 Å². The zero-order valence-corrected chi connectivity index (χ0v) is 10.7. The number of nitrogens with two attached hydrogens (primary N) is 1. The standard InChI is InChI=1S/C13H14N4O2/c1-7-15-12(10(6-14)17(7)2)8-3-4-11-9(5-8)16-13(18)19-11/h3-5H,6,14H2,1-2H3,(H,16,18). The van der Waals surface area contributed by atoms with E-state index >= 15 is 0 Å². The monoisotopic (exact) mass is 258 g/mol. The molecule has 3 aromatic rings. The summed E-state index contributed by atoms with van der Waals surface area (Å²) < 4.78 is 6.95. The maximum absolute atomic E-state index is 11.2. The van der Waals surface area contributed by atoms with E-state index in [0.717, 1.165) is 22.8 Å². The number of hydrogen-bond donors (Lipinski definition) is 2. The van der Waals surface area contributed by atoms with Gasteiger partial charge in [0.05, 0.1) is 16.9 Å². The summed E-state index contributed by atoms with van der Waals surface area (Å²) in [5.74, 6) is 0.444. The summed E-state index contributed by atoms with van der Waals surface area (Å²) >= 11 is 0. The van der Waals surface area contributed by atoms with Crippen LogP contribution in [0.1, 0.15) is 11.5 Å². The summed E-state index contributed by atoms with van der Waals surface area (Å²) in [7, 11) is 1.94. The molecule has 2 aromatic heterocycles. The van der Waals surface area contributed by atoms with Crippen LogP contribution >= 0.6 is 0 Å². The molecule has 3 rings (SSSR count). The number of benzene rings is 1. The number of fused-ring (bicyclic) bond motifs is 1. The molecule has 1 aromatic carbocycles. The van der Waals surface area contributed by atoms with Crippen molar-refractivity contribution >= 4 is 11.1 Å². The van der Waals surface area contributed by atoms with Gasteiger partial charge in [-0.05, 0) is 25.1 Å². The highest BCUT2D eigenvalue weighted by Crippen LogP contribution is 2.25. The molecule has 6 nitrogen and oxygen atoms in total. The molecule has 19 heavy (non-hydrogen) atoms. The van der Waals surface area contributed by atoms with Gasteiger partial charge >= 0.3 is 5.76 Å². The fraction of sp³-hybridized carbons (Fsp3) is 0.231. The Kier molecular flexibility index (Phi) is 2.53. The predicted molar refractivity (Wildman–Crippen MR) is 71.7 cm³/mol. The van der Waals surface area contributed by atoms with Crippen LogP contribution in [-0.2, 0) is 13.6 Å². The van der Waals surface area contributed by atoms with Crippen molar-refractivity contribution in [2.45, 2.75) is 13.5 Å². The fourth-order valence-corrected chi connectivity index (χ4v) is 2.22. The van der Waals surface area contributed by atoms with Crippen LogP contribution in [0.25, 0.3) is 22.4 Å². The lowest BCUT2D eigenvalue weighted by Gasteiger charge is -2.03. The van der Waals surface area contributed by atoms with Crippen molar-refractivity contribution in [2.75, 3.05) is 0 Å². The number of imidazole rings is 1. The van der Waals surface area contributed by atoms with E-state index in [1.54, 1.807) is 6.07 Å². The maximum Gasteiger partial charge on any atom is 0.417 e. The summed E-state index contributed by atoms with van der Waals surface area (Å²) in [6, 6.07) is 5.48. The molecule has 0 spiro atoms. The largest absolute Gasteiger partial charge is 0.417 e. The first-order valence-electron chi connectivity index (χ1n) is 5.95. The lowest BCUT2D eigenvalue weighted by molar-refractivity contribution is 0.555. The molecule has 0 saturated carbocycles. The van der Waals surface area contributed by atoms with E-state index in [4.69, 9.17) is 10.2 Å². The van der Waals surface area contributed by atoms with E-state index in [-0.39, 0.29) is 0 Å². The quantitative estimate of drug-likeness (QED) is 0.724. The third-order valence-electron chi connectivity index (χ3n) is 3.32. The number of nitrogens with zero attached hydrogens (tertiary/aromatic N) is 2. The Morgan fingerprint density at radius 1 is 1.47 bits per heavy atom. The van der Waals surface area contributed by atoms with Crippen molar-refractivity contribution in [2.24, 2.45) is 12.8 Å². The van der Waals surface area contributed by atoms with Gasteiger partial charge in [0, 0.05) is 19.2 Å². The summed E-state index contributed by atoms with van der Waals surface area (Å²) in [6.07, 6.45) is 0. The van der Waals surface area contributed by atoms with Crippen LogP contribution < -0.4 is 11.5 Å². The first kappa shape index (κ1) is 11.7. The van der Waals surface area contributed by atoms with Gasteiger partial charge in [0.1, 0.15) is 5.82 Å².